The molecule has 0 heterocycles. The van der Waals surface area contributed by atoms with Gasteiger partial charge < -0.3 is 14.1 Å². The standard InChI is InChI=1S/C19H33NO3Si/c1-8-22-18(21)16-11-9-12-17(15-16)20(5)13-10-14-23-24(6,7)19(2,3)4/h9,11-12,15H,8,10,13-14H2,1-7H3. The van der Waals surface area contributed by atoms with Crippen molar-refractivity contribution in [2.75, 3.05) is 31.7 Å². The van der Waals surface area contributed by atoms with E-state index in [9.17, 15) is 4.79 Å². The van der Waals surface area contributed by atoms with E-state index in [4.69, 9.17) is 9.16 Å². The second kappa shape index (κ2) is 8.67. The molecule has 0 saturated heterocycles. The Balaban J connectivity index is 2.53. The van der Waals surface area contributed by atoms with Gasteiger partial charge in [0.1, 0.15) is 0 Å². The molecule has 0 amide bonds. The fraction of sp³-hybridized carbons (Fsp3) is 0.632. The summed E-state index contributed by atoms with van der Waals surface area (Å²) in [5.74, 6) is -0.269. The number of benzene rings is 1. The monoisotopic (exact) mass is 351 g/mol. The topological polar surface area (TPSA) is 38.8 Å². The molecular formula is C19H33NO3Si. The zero-order chi connectivity index (χ0) is 18.4. The Kier molecular flexibility index (Phi) is 7.48. The zero-order valence-electron chi connectivity index (χ0n) is 16.3. The maximum Gasteiger partial charge on any atom is 0.338 e. The number of carbonyl (C=O) groups is 1. The number of carbonyl (C=O) groups excluding carboxylic acids is 1. The van der Waals surface area contributed by atoms with E-state index in [1.54, 1.807) is 6.07 Å². The van der Waals surface area contributed by atoms with E-state index in [1.165, 1.54) is 0 Å². The smallest absolute Gasteiger partial charge is 0.338 e. The van der Waals surface area contributed by atoms with Crippen molar-refractivity contribution >= 4 is 20.0 Å². The fourth-order valence-corrected chi connectivity index (χ4v) is 3.15. The first-order chi connectivity index (χ1) is 11.1. The summed E-state index contributed by atoms with van der Waals surface area (Å²) in [6.07, 6.45) is 0.965. The van der Waals surface area contributed by atoms with E-state index in [-0.39, 0.29) is 11.0 Å². The molecule has 0 aromatic heterocycles. The first-order valence-corrected chi connectivity index (χ1v) is 11.6. The molecule has 0 fully saturated rings. The van der Waals surface area contributed by atoms with Crippen molar-refractivity contribution in [3.8, 4) is 0 Å². The summed E-state index contributed by atoms with van der Waals surface area (Å²) in [4.78, 5) is 14.0. The minimum atomic E-state index is -1.67. The summed E-state index contributed by atoms with van der Waals surface area (Å²) < 4.78 is 11.3. The van der Waals surface area contributed by atoms with Gasteiger partial charge in [-0.25, -0.2) is 4.79 Å². The van der Waals surface area contributed by atoms with Crippen molar-refractivity contribution in [3.63, 3.8) is 0 Å². The Morgan fingerprint density at radius 1 is 1.25 bits per heavy atom. The minimum Gasteiger partial charge on any atom is -0.462 e. The lowest BCUT2D eigenvalue weighted by Crippen LogP contribution is -2.41. The average Bonchev–Trinajstić information content (AvgIpc) is 2.50. The molecule has 0 radical (unpaired) electrons. The third kappa shape index (κ3) is 5.95. The van der Waals surface area contributed by atoms with Crippen LogP contribution in [0, 0.1) is 0 Å². The van der Waals surface area contributed by atoms with Gasteiger partial charge in [-0.3, -0.25) is 0 Å². The summed E-state index contributed by atoms with van der Waals surface area (Å²) in [6.45, 7) is 15.2. The Labute approximate surface area is 148 Å². The molecule has 5 heteroatoms. The van der Waals surface area contributed by atoms with Crippen LogP contribution in [0.2, 0.25) is 18.1 Å². The Morgan fingerprint density at radius 2 is 1.92 bits per heavy atom. The third-order valence-electron chi connectivity index (χ3n) is 4.71. The lowest BCUT2D eigenvalue weighted by Gasteiger charge is -2.36. The first-order valence-electron chi connectivity index (χ1n) is 8.71. The number of anilines is 1. The number of rotatable bonds is 8. The number of hydrogen-bond donors (Lipinski definition) is 0. The van der Waals surface area contributed by atoms with E-state index in [2.05, 4.69) is 38.8 Å². The van der Waals surface area contributed by atoms with E-state index < -0.39 is 8.32 Å². The second-order valence-corrected chi connectivity index (χ2v) is 12.5. The summed E-state index contributed by atoms with van der Waals surface area (Å²) in [6, 6.07) is 7.57. The Hall–Kier alpha value is -1.33. The second-order valence-electron chi connectivity index (χ2n) is 7.65. The highest BCUT2D eigenvalue weighted by Gasteiger charge is 2.36. The van der Waals surface area contributed by atoms with Gasteiger partial charge in [-0.2, -0.15) is 0 Å². The van der Waals surface area contributed by atoms with E-state index in [0.717, 1.165) is 25.3 Å². The molecule has 0 aliphatic rings. The molecular weight excluding hydrogens is 318 g/mol. The molecule has 24 heavy (non-hydrogen) atoms. The number of hydrogen-bond acceptors (Lipinski definition) is 4. The van der Waals surface area contributed by atoms with Gasteiger partial charge in [0, 0.05) is 25.9 Å². The van der Waals surface area contributed by atoms with Crippen LogP contribution in [0.25, 0.3) is 0 Å². The molecule has 0 atom stereocenters. The van der Waals surface area contributed by atoms with Gasteiger partial charge in [-0.15, -0.1) is 0 Å². The molecule has 0 bridgehead atoms. The Morgan fingerprint density at radius 3 is 2.50 bits per heavy atom. The minimum absolute atomic E-state index is 0.243. The lowest BCUT2D eigenvalue weighted by atomic mass is 10.2. The third-order valence-corrected chi connectivity index (χ3v) is 9.24. The van der Waals surface area contributed by atoms with Crippen LogP contribution < -0.4 is 4.90 Å². The molecule has 0 saturated carbocycles. The van der Waals surface area contributed by atoms with Gasteiger partial charge in [-0.1, -0.05) is 26.8 Å². The van der Waals surface area contributed by atoms with Crippen molar-refractivity contribution in [2.45, 2.75) is 52.2 Å². The fourth-order valence-electron chi connectivity index (χ4n) is 2.06. The Bertz CT molecular complexity index is 538. The molecule has 1 aromatic rings. The highest BCUT2D eigenvalue weighted by molar-refractivity contribution is 6.74. The average molecular weight is 352 g/mol. The van der Waals surface area contributed by atoms with Crippen LogP contribution in [-0.2, 0) is 9.16 Å². The quantitative estimate of drug-likeness (QED) is 0.386. The largest absolute Gasteiger partial charge is 0.462 e. The molecule has 1 aromatic carbocycles. The molecule has 0 aliphatic carbocycles. The van der Waals surface area contributed by atoms with Crippen molar-refractivity contribution < 1.29 is 14.0 Å². The van der Waals surface area contributed by atoms with Gasteiger partial charge in [0.05, 0.1) is 12.2 Å². The zero-order valence-corrected chi connectivity index (χ0v) is 17.3. The van der Waals surface area contributed by atoms with Crippen LogP contribution in [0.4, 0.5) is 5.69 Å². The highest BCUT2D eigenvalue weighted by atomic mass is 28.4. The van der Waals surface area contributed by atoms with Crippen LogP contribution in [0.15, 0.2) is 24.3 Å². The molecule has 0 N–H and O–H groups in total. The molecule has 136 valence electrons. The molecule has 0 spiro atoms. The predicted octanol–water partition coefficient (Wildman–Crippen LogP) is 4.71. The molecule has 4 nitrogen and oxygen atoms in total. The van der Waals surface area contributed by atoms with E-state index in [0.29, 0.717) is 12.2 Å². The van der Waals surface area contributed by atoms with Crippen LogP contribution >= 0.6 is 0 Å². The van der Waals surface area contributed by atoms with Gasteiger partial charge in [0.15, 0.2) is 8.32 Å². The van der Waals surface area contributed by atoms with Gasteiger partial charge in [0.25, 0.3) is 0 Å². The summed E-state index contributed by atoms with van der Waals surface area (Å²) in [7, 11) is 0.369. The number of esters is 1. The summed E-state index contributed by atoms with van der Waals surface area (Å²) >= 11 is 0. The molecule has 0 unspecified atom stereocenters. The maximum atomic E-state index is 11.8. The van der Waals surface area contributed by atoms with Crippen LogP contribution in [-0.4, -0.2) is 41.1 Å². The highest BCUT2D eigenvalue weighted by Crippen LogP contribution is 2.36. The van der Waals surface area contributed by atoms with Crippen molar-refractivity contribution in [1.29, 1.82) is 0 Å². The van der Waals surface area contributed by atoms with Crippen molar-refractivity contribution in [1.82, 2.24) is 0 Å². The van der Waals surface area contributed by atoms with E-state index in [1.807, 2.05) is 32.2 Å². The number of ether oxygens (including phenoxy) is 1. The van der Waals surface area contributed by atoms with Gasteiger partial charge >= 0.3 is 5.97 Å². The SMILES string of the molecule is CCOC(=O)c1cccc(N(C)CCCO[Si](C)(C)C(C)(C)C)c1. The summed E-state index contributed by atoms with van der Waals surface area (Å²) in [5.41, 5.74) is 1.62. The van der Waals surface area contributed by atoms with Crippen molar-refractivity contribution in [3.05, 3.63) is 29.8 Å². The van der Waals surface area contributed by atoms with E-state index >= 15 is 0 Å². The summed E-state index contributed by atoms with van der Waals surface area (Å²) in [5, 5.41) is 0.243. The molecule has 1 rings (SSSR count). The van der Waals surface area contributed by atoms with Crippen molar-refractivity contribution in [2.24, 2.45) is 0 Å². The number of nitrogens with zero attached hydrogens (tertiary/aromatic N) is 1. The lowest BCUT2D eigenvalue weighted by molar-refractivity contribution is 0.0526. The predicted molar refractivity (Wildman–Crippen MR) is 103 cm³/mol. The normalized spacial score (nSPS) is 12.1. The van der Waals surface area contributed by atoms with Crippen LogP contribution in [0.1, 0.15) is 44.5 Å². The van der Waals surface area contributed by atoms with Gasteiger partial charge in [-0.05, 0) is 49.7 Å². The first kappa shape index (κ1) is 20.7. The maximum absolute atomic E-state index is 11.8. The molecule has 0 aliphatic heterocycles. The van der Waals surface area contributed by atoms with Gasteiger partial charge in [0.2, 0.25) is 0 Å². The van der Waals surface area contributed by atoms with Crippen LogP contribution in [0.3, 0.4) is 0 Å². The van der Waals surface area contributed by atoms with Crippen LogP contribution in [0.5, 0.6) is 0 Å².